The van der Waals surface area contributed by atoms with Crippen LogP contribution in [0.2, 0.25) is 0 Å². The van der Waals surface area contributed by atoms with Gasteiger partial charge in [-0.15, -0.1) is 0 Å². The predicted octanol–water partition coefficient (Wildman–Crippen LogP) is 2.89. The van der Waals surface area contributed by atoms with Crippen molar-refractivity contribution in [3.8, 4) is 5.75 Å². The number of hydrogen-bond acceptors (Lipinski definition) is 3. The zero-order chi connectivity index (χ0) is 17.6. The molecule has 1 aromatic heterocycles. The van der Waals surface area contributed by atoms with Crippen LogP contribution in [0.4, 0.5) is 0 Å². The van der Waals surface area contributed by atoms with Crippen molar-refractivity contribution in [1.82, 2.24) is 9.88 Å². The molecule has 5 nitrogen and oxygen atoms in total. The van der Waals surface area contributed by atoms with E-state index in [1.54, 1.807) is 31.4 Å². The molecule has 25 heavy (non-hydrogen) atoms. The number of hydrogen-bond donors (Lipinski definition) is 2. The number of fused-ring (bicyclic) bond motifs is 1. The van der Waals surface area contributed by atoms with Crippen LogP contribution in [0, 0.1) is 0 Å². The Labute approximate surface area is 146 Å². The van der Waals surface area contributed by atoms with E-state index in [0.29, 0.717) is 17.9 Å². The van der Waals surface area contributed by atoms with E-state index in [-0.39, 0.29) is 0 Å². The van der Waals surface area contributed by atoms with Gasteiger partial charge in [0, 0.05) is 24.8 Å². The summed E-state index contributed by atoms with van der Waals surface area (Å²) in [7, 11) is 1.55. The number of benzene rings is 2. The number of nitrogens with zero attached hydrogens (tertiary/aromatic N) is 1. The molecular weight excluding hydrogens is 316 g/mol. The van der Waals surface area contributed by atoms with Crippen molar-refractivity contribution in [2.24, 2.45) is 0 Å². The molecule has 0 aliphatic heterocycles. The van der Waals surface area contributed by atoms with E-state index in [2.05, 4.69) is 34.3 Å². The minimum absolute atomic E-state index is 0.398. The van der Waals surface area contributed by atoms with Crippen molar-refractivity contribution in [3.63, 3.8) is 0 Å². The van der Waals surface area contributed by atoms with Gasteiger partial charge in [-0.25, -0.2) is 0 Å². The van der Waals surface area contributed by atoms with Gasteiger partial charge in [0.15, 0.2) is 6.10 Å². The van der Waals surface area contributed by atoms with Crippen LogP contribution in [0.1, 0.15) is 18.1 Å². The van der Waals surface area contributed by atoms with Crippen LogP contribution < -0.4 is 10.1 Å². The number of rotatable bonds is 7. The zero-order valence-corrected chi connectivity index (χ0v) is 14.2. The molecule has 3 aromatic rings. The third-order valence-electron chi connectivity index (χ3n) is 4.21. The van der Waals surface area contributed by atoms with E-state index in [4.69, 9.17) is 4.74 Å². The van der Waals surface area contributed by atoms with Crippen molar-refractivity contribution >= 4 is 16.8 Å². The van der Waals surface area contributed by atoms with Gasteiger partial charge in [0.05, 0.1) is 7.11 Å². The SMILES string of the molecule is COc1cccc(C(O)C(=O)NCCCn2ccc3ccccc32)c1. The van der Waals surface area contributed by atoms with Crippen molar-refractivity contribution in [1.29, 1.82) is 0 Å². The maximum Gasteiger partial charge on any atom is 0.253 e. The van der Waals surface area contributed by atoms with Crippen LogP contribution in [-0.4, -0.2) is 29.2 Å². The molecule has 5 heteroatoms. The smallest absolute Gasteiger partial charge is 0.253 e. The van der Waals surface area contributed by atoms with Crippen molar-refractivity contribution in [2.75, 3.05) is 13.7 Å². The number of aromatic nitrogens is 1. The Balaban J connectivity index is 1.50. The lowest BCUT2D eigenvalue weighted by Crippen LogP contribution is -2.30. The third kappa shape index (κ3) is 4.00. The van der Waals surface area contributed by atoms with Crippen LogP contribution >= 0.6 is 0 Å². The van der Waals surface area contributed by atoms with Crippen molar-refractivity contribution in [2.45, 2.75) is 19.1 Å². The fourth-order valence-electron chi connectivity index (χ4n) is 2.86. The van der Waals surface area contributed by atoms with Gasteiger partial charge in [-0.3, -0.25) is 4.79 Å². The van der Waals surface area contributed by atoms with E-state index in [1.165, 1.54) is 10.9 Å². The average molecular weight is 338 g/mol. The standard InChI is InChI=1S/C20H22N2O3/c1-25-17-8-4-7-16(14-17)19(23)20(24)21-11-5-12-22-13-10-15-6-2-3-9-18(15)22/h2-4,6-10,13-14,19,23H,5,11-12H2,1H3,(H,21,24). The quantitative estimate of drug-likeness (QED) is 0.651. The first-order valence-electron chi connectivity index (χ1n) is 8.32. The molecule has 3 rings (SSSR count). The first-order valence-corrected chi connectivity index (χ1v) is 8.32. The molecular formula is C20H22N2O3. The second-order valence-electron chi connectivity index (χ2n) is 5.89. The van der Waals surface area contributed by atoms with Crippen molar-refractivity contribution in [3.05, 3.63) is 66.4 Å². The molecule has 0 saturated heterocycles. The molecule has 2 N–H and O–H groups in total. The molecule has 0 saturated carbocycles. The fourth-order valence-corrected chi connectivity index (χ4v) is 2.86. The Morgan fingerprint density at radius 1 is 1.20 bits per heavy atom. The van der Waals surface area contributed by atoms with Gasteiger partial charge in [0.2, 0.25) is 0 Å². The molecule has 130 valence electrons. The molecule has 0 spiro atoms. The summed E-state index contributed by atoms with van der Waals surface area (Å²) in [6.07, 6.45) is 1.65. The van der Waals surface area contributed by atoms with Gasteiger partial charge >= 0.3 is 0 Å². The summed E-state index contributed by atoms with van der Waals surface area (Å²) in [6, 6.07) is 17.2. The Morgan fingerprint density at radius 3 is 2.88 bits per heavy atom. The van der Waals surface area contributed by atoms with Crippen LogP contribution in [0.3, 0.4) is 0 Å². The second kappa shape index (κ2) is 7.85. The Morgan fingerprint density at radius 2 is 2.04 bits per heavy atom. The highest BCUT2D eigenvalue weighted by Gasteiger charge is 2.17. The summed E-state index contributed by atoms with van der Waals surface area (Å²) in [6.45, 7) is 1.31. The minimum Gasteiger partial charge on any atom is -0.497 e. The maximum absolute atomic E-state index is 12.1. The van der Waals surface area contributed by atoms with E-state index in [0.717, 1.165) is 13.0 Å². The number of aliphatic hydroxyl groups excluding tert-OH is 1. The molecule has 0 fully saturated rings. The summed E-state index contributed by atoms with van der Waals surface area (Å²) in [5.41, 5.74) is 1.71. The van der Waals surface area contributed by atoms with Crippen LogP contribution in [0.5, 0.6) is 5.75 Å². The molecule has 1 atom stereocenters. The van der Waals surface area contributed by atoms with Gasteiger partial charge in [-0.2, -0.15) is 0 Å². The topological polar surface area (TPSA) is 63.5 Å². The maximum atomic E-state index is 12.1. The molecule has 0 aliphatic rings. The largest absolute Gasteiger partial charge is 0.497 e. The Kier molecular flexibility index (Phi) is 5.36. The molecule has 1 unspecified atom stereocenters. The molecule has 0 bridgehead atoms. The summed E-state index contributed by atoms with van der Waals surface area (Å²) in [5.74, 6) is 0.217. The lowest BCUT2D eigenvalue weighted by Gasteiger charge is -2.13. The highest BCUT2D eigenvalue weighted by Crippen LogP contribution is 2.19. The number of carbonyl (C=O) groups excluding carboxylic acids is 1. The second-order valence-corrected chi connectivity index (χ2v) is 5.89. The van der Waals surface area contributed by atoms with Crippen molar-refractivity contribution < 1.29 is 14.6 Å². The van der Waals surface area contributed by atoms with E-state index >= 15 is 0 Å². The minimum atomic E-state index is -1.19. The van der Waals surface area contributed by atoms with E-state index < -0.39 is 12.0 Å². The number of methoxy groups -OCH3 is 1. The van der Waals surface area contributed by atoms with Gasteiger partial charge in [0.1, 0.15) is 5.75 Å². The van der Waals surface area contributed by atoms with Crippen LogP contribution in [0.25, 0.3) is 10.9 Å². The molecule has 1 amide bonds. The Hall–Kier alpha value is -2.79. The summed E-state index contributed by atoms with van der Waals surface area (Å²) in [5, 5.41) is 14.2. The van der Waals surface area contributed by atoms with Gasteiger partial charge in [-0.1, -0.05) is 30.3 Å². The first kappa shape index (κ1) is 17.0. The highest BCUT2D eigenvalue weighted by atomic mass is 16.5. The Bertz CT molecular complexity index is 857. The number of amides is 1. The molecule has 1 heterocycles. The van der Waals surface area contributed by atoms with Crippen LogP contribution in [0.15, 0.2) is 60.8 Å². The van der Waals surface area contributed by atoms with Crippen LogP contribution in [-0.2, 0) is 11.3 Å². The fraction of sp³-hybridized carbons (Fsp3) is 0.250. The number of nitrogens with one attached hydrogen (secondary N) is 1. The molecule has 0 aliphatic carbocycles. The number of carbonyl (C=O) groups is 1. The molecule has 0 radical (unpaired) electrons. The lowest BCUT2D eigenvalue weighted by molar-refractivity contribution is -0.129. The average Bonchev–Trinajstić information content (AvgIpc) is 3.07. The van der Waals surface area contributed by atoms with E-state index in [9.17, 15) is 9.90 Å². The zero-order valence-electron chi connectivity index (χ0n) is 14.2. The number of aliphatic hydroxyl groups is 1. The van der Waals surface area contributed by atoms with Gasteiger partial charge < -0.3 is 19.7 Å². The highest BCUT2D eigenvalue weighted by molar-refractivity contribution is 5.82. The molecule has 2 aromatic carbocycles. The number of para-hydroxylation sites is 1. The number of ether oxygens (including phenoxy) is 1. The third-order valence-corrected chi connectivity index (χ3v) is 4.21. The lowest BCUT2D eigenvalue weighted by atomic mass is 10.1. The first-order chi connectivity index (χ1) is 12.2. The summed E-state index contributed by atoms with van der Waals surface area (Å²) >= 11 is 0. The normalized spacial score (nSPS) is 12.1. The monoisotopic (exact) mass is 338 g/mol. The van der Waals surface area contributed by atoms with Gasteiger partial charge in [0.25, 0.3) is 5.91 Å². The van der Waals surface area contributed by atoms with Gasteiger partial charge in [-0.05, 0) is 41.6 Å². The summed E-state index contributed by atoms with van der Waals surface area (Å²) in [4.78, 5) is 12.1. The van der Waals surface area contributed by atoms with E-state index in [1.807, 2.05) is 12.1 Å². The number of aryl methyl sites for hydroxylation is 1. The summed E-state index contributed by atoms with van der Waals surface area (Å²) < 4.78 is 7.28. The predicted molar refractivity (Wildman–Crippen MR) is 97.5 cm³/mol.